The summed E-state index contributed by atoms with van der Waals surface area (Å²) in [6.07, 6.45) is 0.805. The van der Waals surface area contributed by atoms with E-state index < -0.39 is 46.7 Å². The van der Waals surface area contributed by atoms with Crippen LogP contribution in [-0.4, -0.2) is 76.1 Å². The lowest BCUT2D eigenvalue weighted by molar-refractivity contribution is -0.175. The Labute approximate surface area is 227 Å². The van der Waals surface area contributed by atoms with E-state index in [-0.39, 0.29) is 37.7 Å². The predicted molar refractivity (Wildman–Crippen MR) is 138 cm³/mol. The zero-order chi connectivity index (χ0) is 28.3. The molecule has 10 nitrogen and oxygen atoms in total. The van der Waals surface area contributed by atoms with Gasteiger partial charge in [-0.05, 0) is 65.8 Å². The molecular weight excluding hydrogens is 506 g/mol. The highest BCUT2D eigenvalue weighted by Crippen LogP contribution is 2.64. The first kappa shape index (κ1) is 27.6. The Morgan fingerprint density at radius 1 is 1.21 bits per heavy atom. The van der Waals surface area contributed by atoms with E-state index in [1.54, 1.807) is 26.8 Å². The molecule has 212 valence electrons. The van der Waals surface area contributed by atoms with E-state index in [0.29, 0.717) is 24.2 Å². The molecule has 1 spiro atoms. The molecule has 4 aliphatic rings. The van der Waals surface area contributed by atoms with Crippen molar-refractivity contribution < 1.29 is 43.5 Å². The Balaban J connectivity index is 1.33. The standard InChI is InChI=1S/C29H37NO9/c1-16(36-21(32)8-9-22(33)39-27(2,3)4)26(34)37-19-10-11-29(35)20-14-17-6-7-18(15-31)24-23(17)28(29,25(19)38-24)12-13-30(20)5/h6-7,10,16,20,25,31,35H,8-9,11-15H2,1-5H3/t16-,20+,25-,28-,29+/m0/s1. The number of likely N-dealkylation sites (tertiary alicyclic amines) is 1. The van der Waals surface area contributed by atoms with E-state index in [1.807, 2.05) is 19.2 Å². The summed E-state index contributed by atoms with van der Waals surface area (Å²) in [6.45, 7) is 7.12. The van der Waals surface area contributed by atoms with Gasteiger partial charge in [-0.2, -0.15) is 0 Å². The molecule has 2 bridgehead atoms. The lowest BCUT2D eigenvalue weighted by Gasteiger charge is -2.61. The minimum atomic E-state index is -1.22. The van der Waals surface area contributed by atoms with Gasteiger partial charge in [0.1, 0.15) is 17.1 Å². The molecule has 2 aliphatic carbocycles. The Morgan fingerprint density at radius 2 is 1.92 bits per heavy atom. The SMILES string of the molecule is C[C@H](OC(=O)CCC(=O)OC(C)(C)C)C(=O)OC1=CC[C@@]2(O)[C@H]3Cc4ccc(CO)c5c4[C@@]2(CCN3C)[C@H]1O5. The molecule has 1 aromatic carbocycles. The van der Waals surface area contributed by atoms with Gasteiger partial charge in [-0.1, -0.05) is 12.1 Å². The van der Waals surface area contributed by atoms with Gasteiger partial charge in [-0.15, -0.1) is 0 Å². The Kier molecular flexibility index (Phi) is 6.80. The number of hydrogen-bond acceptors (Lipinski definition) is 10. The third kappa shape index (κ3) is 4.42. The zero-order valence-corrected chi connectivity index (χ0v) is 23.1. The third-order valence-electron chi connectivity index (χ3n) is 8.44. The molecule has 39 heavy (non-hydrogen) atoms. The number of aliphatic hydroxyl groups is 2. The molecule has 1 saturated heterocycles. The lowest BCUT2D eigenvalue weighted by Crippen LogP contribution is -2.74. The third-order valence-corrected chi connectivity index (χ3v) is 8.44. The van der Waals surface area contributed by atoms with E-state index >= 15 is 0 Å². The normalized spacial score (nSPS) is 29.5. The number of aliphatic hydroxyl groups excluding tert-OH is 1. The molecule has 1 fully saturated rings. The van der Waals surface area contributed by atoms with Crippen molar-refractivity contribution in [2.75, 3.05) is 13.6 Å². The zero-order valence-electron chi connectivity index (χ0n) is 23.1. The molecule has 0 aromatic heterocycles. The maximum Gasteiger partial charge on any atom is 0.352 e. The molecule has 5 rings (SSSR count). The number of carbonyl (C=O) groups is 3. The highest BCUT2D eigenvalue weighted by molar-refractivity contribution is 5.82. The molecule has 0 unspecified atom stereocenters. The highest BCUT2D eigenvalue weighted by Gasteiger charge is 2.71. The first-order chi connectivity index (χ1) is 18.3. The van der Waals surface area contributed by atoms with Crippen molar-refractivity contribution in [3.63, 3.8) is 0 Å². The van der Waals surface area contributed by atoms with E-state index in [0.717, 1.165) is 17.7 Å². The van der Waals surface area contributed by atoms with Crippen LogP contribution in [0.5, 0.6) is 5.75 Å². The molecule has 0 radical (unpaired) electrons. The van der Waals surface area contributed by atoms with Crippen LogP contribution < -0.4 is 4.74 Å². The molecule has 0 saturated carbocycles. The molecule has 5 atom stereocenters. The summed E-state index contributed by atoms with van der Waals surface area (Å²) >= 11 is 0. The van der Waals surface area contributed by atoms with Crippen LogP contribution in [0.25, 0.3) is 0 Å². The monoisotopic (exact) mass is 543 g/mol. The van der Waals surface area contributed by atoms with Crippen molar-refractivity contribution in [1.82, 2.24) is 4.90 Å². The lowest BCUT2D eigenvalue weighted by atomic mass is 9.50. The molecule has 2 aliphatic heterocycles. The summed E-state index contributed by atoms with van der Waals surface area (Å²) in [5.74, 6) is -1.22. The van der Waals surface area contributed by atoms with Crippen molar-refractivity contribution in [2.45, 2.75) is 101 Å². The van der Waals surface area contributed by atoms with Crippen molar-refractivity contribution in [1.29, 1.82) is 0 Å². The van der Waals surface area contributed by atoms with Gasteiger partial charge in [0.15, 0.2) is 12.2 Å². The maximum atomic E-state index is 13.0. The molecule has 0 amide bonds. The fourth-order valence-electron chi connectivity index (χ4n) is 6.73. The predicted octanol–water partition coefficient (Wildman–Crippen LogP) is 2.05. The van der Waals surface area contributed by atoms with Gasteiger partial charge in [0, 0.05) is 23.6 Å². The summed E-state index contributed by atoms with van der Waals surface area (Å²) in [5, 5.41) is 22.2. The average molecular weight is 544 g/mol. The number of likely N-dealkylation sites (N-methyl/N-ethyl adjacent to an activating group) is 1. The topological polar surface area (TPSA) is 132 Å². The van der Waals surface area contributed by atoms with Gasteiger partial charge in [-0.3, -0.25) is 9.59 Å². The summed E-state index contributed by atoms with van der Waals surface area (Å²) in [7, 11) is 2.01. The van der Waals surface area contributed by atoms with Crippen molar-refractivity contribution in [3.8, 4) is 5.75 Å². The van der Waals surface area contributed by atoms with Crippen LogP contribution in [0.2, 0.25) is 0 Å². The van der Waals surface area contributed by atoms with E-state index in [4.69, 9.17) is 18.9 Å². The summed E-state index contributed by atoms with van der Waals surface area (Å²) in [5.41, 5.74) is -0.0671. The van der Waals surface area contributed by atoms with Gasteiger partial charge in [-0.25, -0.2) is 4.79 Å². The van der Waals surface area contributed by atoms with Crippen molar-refractivity contribution in [3.05, 3.63) is 40.7 Å². The van der Waals surface area contributed by atoms with Crippen LogP contribution in [-0.2, 0) is 47.0 Å². The molecule has 2 N–H and O–H groups in total. The van der Waals surface area contributed by atoms with Crippen molar-refractivity contribution in [2.24, 2.45) is 0 Å². The minimum Gasteiger partial charge on any atom is -0.481 e. The van der Waals surface area contributed by atoms with Crippen LogP contribution in [0.3, 0.4) is 0 Å². The van der Waals surface area contributed by atoms with Crippen molar-refractivity contribution >= 4 is 17.9 Å². The number of carbonyl (C=O) groups excluding carboxylic acids is 3. The number of rotatable bonds is 7. The second-order valence-electron chi connectivity index (χ2n) is 12.0. The van der Waals surface area contributed by atoms with Crippen LogP contribution in [0.15, 0.2) is 24.0 Å². The van der Waals surface area contributed by atoms with Crippen LogP contribution in [0, 0.1) is 0 Å². The smallest absolute Gasteiger partial charge is 0.352 e. The van der Waals surface area contributed by atoms with E-state index in [2.05, 4.69) is 4.90 Å². The number of piperidine rings is 1. The van der Waals surface area contributed by atoms with Gasteiger partial charge >= 0.3 is 17.9 Å². The highest BCUT2D eigenvalue weighted by atomic mass is 16.6. The minimum absolute atomic E-state index is 0.144. The van der Waals surface area contributed by atoms with Gasteiger partial charge < -0.3 is 34.1 Å². The fraction of sp³-hybridized carbons (Fsp3) is 0.621. The van der Waals surface area contributed by atoms with E-state index in [9.17, 15) is 24.6 Å². The summed E-state index contributed by atoms with van der Waals surface area (Å²) < 4.78 is 22.6. The molecule has 2 heterocycles. The van der Waals surface area contributed by atoms with Gasteiger partial charge in [0.05, 0.1) is 30.5 Å². The van der Waals surface area contributed by atoms with Crippen LogP contribution in [0.1, 0.15) is 70.1 Å². The Morgan fingerprint density at radius 3 is 2.62 bits per heavy atom. The quantitative estimate of drug-likeness (QED) is 0.389. The van der Waals surface area contributed by atoms with E-state index in [1.165, 1.54) is 6.92 Å². The fourth-order valence-corrected chi connectivity index (χ4v) is 6.73. The molecule has 1 aromatic rings. The number of ether oxygens (including phenoxy) is 4. The molecular formula is C29H37NO9. The van der Waals surface area contributed by atoms with Gasteiger partial charge in [0.25, 0.3) is 0 Å². The van der Waals surface area contributed by atoms with Crippen LogP contribution >= 0.6 is 0 Å². The number of hydrogen-bond donors (Lipinski definition) is 2. The second kappa shape index (κ2) is 9.60. The summed E-state index contributed by atoms with van der Waals surface area (Å²) in [6, 6.07) is 3.69. The second-order valence-corrected chi connectivity index (χ2v) is 12.0. The van der Waals surface area contributed by atoms with Crippen LogP contribution in [0.4, 0.5) is 0 Å². The first-order valence-corrected chi connectivity index (χ1v) is 13.5. The number of esters is 3. The Bertz CT molecular complexity index is 1230. The number of benzene rings is 1. The largest absolute Gasteiger partial charge is 0.481 e. The first-order valence-electron chi connectivity index (χ1n) is 13.5. The number of nitrogens with zero attached hydrogens (tertiary/aromatic N) is 1. The summed E-state index contributed by atoms with van der Waals surface area (Å²) in [4.78, 5) is 39.4. The molecule has 10 heteroatoms. The average Bonchev–Trinajstić information content (AvgIpc) is 3.21. The van der Waals surface area contributed by atoms with Gasteiger partial charge in [0.2, 0.25) is 0 Å². The Hall–Kier alpha value is -2.95. The maximum absolute atomic E-state index is 13.0.